The van der Waals surface area contributed by atoms with Crippen molar-refractivity contribution in [3.8, 4) is 0 Å². The van der Waals surface area contributed by atoms with Crippen molar-refractivity contribution >= 4 is 22.6 Å². The van der Waals surface area contributed by atoms with Crippen molar-refractivity contribution in [2.45, 2.75) is 13.0 Å². The summed E-state index contributed by atoms with van der Waals surface area (Å²) in [6.45, 7) is 1.41. The number of para-hydroxylation sites is 1. The normalized spacial score (nSPS) is 12.7. The molecule has 1 amide bonds. The second kappa shape index (κ2) is 3.74. The highest BCUT2D eigenvalue weighted by molar-refractivity contribution is 6.01. The number of carbonyl (C=O) groups is 1. The van der Waals surface area contributed by atoms with Crippen LogP contribution in [-0.2, 0) is 4.79 Å². The highest BCUT2D eigenvalue weighted by atomic mass is 16.3. The van der Waals surface area contributed by atoms with E-state index in [4.69, 9.17) is 9.52 Å². The fraction of sp³-hybridized carbons (Fsp3) is 0.182. The molecule has 4 heteroatoms. The summed E-state index contributed by atoms with van der Waals surface area (Å²) in [4.78, 5) is 11.3. The van der Waals surface area contributed by atoms with Crippen LogP contribution >= 0.6 is 0 Å². The highest BCUT2D eigenvalue weighted by Crippen LogP contribution is 2.25. The average molecular weight is 205 g/mol. The van der Waals surface area contributed by atoms with Crippen LogP contribution in [0, 0.1) is 0 Å². The van der Waals surface area contributed by atoms with E-state index in [0.717, 1.165) is 5.39 Å². The van der Waals surface area contributed by atoms with E-state index in [-0.39, 0.29) is 0 Å². The zero-order valence-electron chi connectivity index (χ0n) is 8.23. The van der Waals surface area contributed by atoms with Gasteiger partial charge in [0.2, 0.25) is 0 Å². The quantitative estimate of drug-likeness (QED) is 0.785. The summed E-state index contributed by atoms with van der Waals surface area (Å²) in [6.07, 6.45) is 0.434. The summed E-state index contributed by atoms with van der Waals surface area (Å²) >= 11 is 0. The third-order valence-electron chi connectivity index (χ3n) is 2.12. The van der Waals surface area contributed by atoms with E-state index in [2.05, 4.69) is 5.32 Å². The van der Waals surface area contributed by atoms with Crippen LogP contribution in [-0.4, -0.2) is 17.1 Å². The molecule has 1 heterocycles. The van der Waals surface area contributed by atoms with Gasteiger partial charge in [-0.15, -0.1) is 0 Å². The standard InChI is InChI=1S/C11H11NO3/c1-7(13)11(14)12-9-6-15-10-5-3-2-4-8(9)10/h2-7,13H,1H3,(H,12,14). The van der Waals surface area contributed by atoms with Gasteiger partial charge in [0.15, 0.2) is 0 Å². The maximum atomic E-state index is 11.3. The lowest BCUT2D eigenvalue weighted by atomic mass is 10.2. The largest absolute Gasteiger partial charge is 0.462 e. The van der Waals surface area contributed by atoms with Crippen LogP contribution in [0.2, 0.25) is 0 Å². The number of furan rings is 1. The fourth-order valence-corrected chi connectivity index (χ4v) is 1.31. The number of anilines is 1. The minimum Gasteiger partial charge on any atom is -0.462 e. The number of rotatable bonds is 2. The van der Waals surface area contributed by atoms with Crippen LogP contribution in [0.25, 0.3) is 11.0 Å². The Hall–Kier alpha value is -1.81. The first-order chi connectivity index (χ1) is 7.18. The van der Waals surface area contributed by atoms with E-state index in [0.29, 0.717) is 11.3 Å². The zero-order chi connectivity index (χ0) is 10.8. The van der Waals surface area contributed by atoms with Crippen LogP contribution < -0.4 is 5.32 Å². The van der Waals surface area contributed by atoms with Gasteiger partial charge in [-0.2, -0.15) is 0 Å². The van der Waals surface area contributed by atoms with Crippen LogP contribution in [0.5, 0.6) is 0 Å². The minimum absolute atomic E-state index is 0.443. The van der Waals surface area contributed by atoms with Gasteiger partial charge < -0.3 is 14.8 Å². The van der Waals surface area contributed by atoms with Crippen molar-refractivity contribution in [3.63, 3.8) is 0 Å². The number of nitrogens with one attached hydrogen (secondary N) is 1. The Labute approximate surface area is 86.5 Å². The van der Waals surface area contributed by atoms with Gasteiger partial charge in [-0.1, -0.05) is 12.1 Å². The van der Waals surface area contributed by atoms with Gasteiger partial charge in [-0.3, -0.25) is 4.79 Å². The molecular formula is C11H11NO3. The molecule has 2 rings (SSSR count). The van der Waals surface area contributed by atoms with E-state index in [1.165, 1.54) is 13.2 Å². The number of hydrogen-bond donors (Lipinski definition) is 2. The molecule has 1 aromatic carbocycles. The maximum Gasteiger partial charge on any atom is 0.253 e. The number of amides is 1. The maximum absolute atomic E-state index is 11.3. The first-order valence-electron chi connectivity index (χ1n) is 4.63. The van der Waals surface area contributed by atoms with E-state index >= 15 is 0 Å². The van der Waals surface area contributed by atoms with Gasteiger partial charge >= 0.3 is 0 Å². The topological polar surface area (TPSA) is 62.5 Å². The number of aliphatic hydroxyl groups is 1. The molecule has 0 fully saturated rings. The summed E-state index contributed by atoms with van der Waals surface area (Å²) in [5, 5.41) is 12.5. The van der Waals surface area contributed by atoms with Gasteiger partial charge in [0.25, 0.3) is 5.91 Å². The summed E-state index contributed by atoms with van der Waals surface area (Å²) in [6, 6.07) is 7.37. The van der Waals surface area contributed by atoms with Crippen LogP contribution in [0.4, 0.5) is 5.69 Å². The van der Waals surface area contributed by atoms with Gasteiger partial charge in [-0.05, 0) is 19.1 Å². The summed E-state index contributed by atoms with van der Waals surface area (Å²) < 4.78 is 5.23. The molecule has 1 aromatic heterocycles. The second-order valence-corrected chi connectivity index (χ2v) is 3.31. The Morgan fingerprint density at radius 2 is 2.20 bits per heavy atom. The Kier molecular flexibility index (Phi) is 2.43. The molecular weight excluding hydrogens is 194 g/mol. The molecule has 1 unspecified atom stereocenters. The van der Waals surface area contributed by atoms with Gasteiger partial charge in [0, 0.05) is 5.39 Å². The first kappa shape index (κ1) is 9.73. The lowest BCUT2D eigenvalue weighted by molar-refractivity contribution is -0.123. The lowest BCUT2D eigenvalue weighted by Gasteiger charge is -2.04. The van der Waals surface area contributed by atoms with E-state index in [9.17, 15) is 4.79 Å². The molecule has 0 bridgehead atoms. The average Bonchev–Trinajstić information content (AvgIpc) is 2.62. The Morgan fingerprint density at radius 3 is 2.93 bits per heavy atom. The fourth-order valence-electron chi connectivity index (χ4n) is 1.31. The van der Waals surface area contributed by atoms with Gasteiger partial charge in [0.1, 0.15) is 18.0 Å². The van der Waals surface area contributed by atoms with Crippen molar-refractivity contribution in [1.29, 1.82) is 0 Å². The van der Waals surface area contributed by atoms with E-state index in [1.54, 1.807) is 0 Å². The smallest absolute Gasteiger partial charge is 0.253 e. The van der Waals surface area contributed by atoms with E-state index in [1.807, 2.05) is 24.3 Å². The third kappa shape index (κ3) is 1.85. The predicted octanol–water partition coefficient (Wildman–Crippen LogP) is 1.75. The molecule has 2 N–H and O–H groups in total. The molecule has 78 valence electrons. The molecule has 4 nitrogen and oxygen atoms in total. The second-order valence-electron chi connectivity index (χ2n) is 3.31. The molecule has 1 atom stereocenters. The molecule has 2 aromatic rings. The summed E-state index contributed by atoms with van der Waals surface area (Å²) in [5.41, 5.74) is 1.29. The first-order valence-corrected chi connectivity index (χ1v) is 4.63. The summed E-state index contributed by atoms with van der Waals surface area (Å²) in [5.74, 6) is -0.443. The number of hydrogen-bond acceptors (Lipinski definition) is 3. The number of carbonyl (C=O) groups excluding carboxylic acids is 1. The van der Waals surface area contributed by atoms with Crippen molar-refractivity contribution in [3.05, 3.63) is 30.5 Å². The molecule has 0 saturated carbocycles. The molecule has 15 heavy (non-hydrogen) atoms. The SMILES string of the molecule is CC(O)C(=O)Nc1coc2ccccc12. The Bertz CT molecular complexity index is 487. The molecule has 0 saturated heterocycles. The van der Waals surface area contributed by atoms with Gasteiger partial charge in [0.05, 0.1) is 5.69 Å². The molecule has 0 aliphatic heterocycles. The number of benzene rings is 1. The number of fused-ring (bicyclic) bond motifs is 1. The Balaban J connectivity index is 2.33. The minimum atomic E-state index is -1.03. The van der Waals surface area contributed by atoms with E-state index < -0.39 is 12.0 Å². The highest BCUT2D eigenvalue weighted by Gasteiger charge is 2.12. The molecule has 0 aliphatic rings. The molecule has 0 radical (unpaired) electrons. The molecule has 0 spiro atoms. The lowest BCUT2D eigenvalue weighted by Crippen LogP contribution is -2.24. The van der Waals surface area contributed by atoms with Crippen molar-refractivity contribution < 1.29 is 14.3 Å². The summed E-state index contributed by atoms with van der Waals surface area (Å²) in [7, 11) is 0. The Morgan fingerprint density at radius 1 is 1.47 bits per heavy atom. The third-order valence-corrected chi connectivity index (χ3v) is 2.12. The van der Waals surface area contributed by atoms with Gasteiger partial charge in [-0.25, -0.2) is 0 Å². The van der Waals surface area contributed by atoms with Crippen LogP contribution in [0.3, 0.4) is 0 Å². The monoisotopic (exact) mass is 205 g/mol. The van der Waals surface area contributed by atoms with Crippen molar-refractivity contribution in [2.75, 3.05) is 5.32 Å². The van der Waals surface area contributed by atoms with Crippen molar-refractivity contribution in [2.24, 2.45) is 0 Å². The van der Waals surface area contributed by atoms with Crippen molar-refractivity contribution in [1.82, 2.24) is 0 Å². The van der Waals surface area contributed by atoms with Crippen LogP contribution in [0.1, 0.15) is 6.92 Å². The predicted molar refractivity (Wildman–Crippen MR) is 56.5 cm³/mol. The zero-order valence-corrected chi connectivity index (χ0v) is 8.23. The van der Waals surface area contributed by atoms with Crippen LogP contribution in [0.15, 0.2) is 34.9 Å². The number of aliphatic hydroxyl groups excluding tert-OH is 1. The molecule has 0 aliphatic carbocycles.